The van der Waals surface area contributed by atoms with Crippen molar-refractivity contribution in [1.82, 2.24) is 4.98 Å². The van der Waals surface area contributed by atoms with Crippen molar-refractivity contribution in [1.29, 1.82) is 0 Å². The molecule has 21 heavy (non-hydrogen) atoms. The Bertz CT molecular complexity index is 540. The molecule has 112 valence electrons. The van der Waals surface area contributed by atoms with E-state index in [-0.39, 0.29) is 0 Å². The number of aryl methyl sites for hydroxylation is 1. The van der Waals surface area contributed by atoms with Crippen LogP contribution in [0.25, 0.3) is 0 Å². The number of ether oxygens (including phenoxy) is 2. The van der Waals surface area contributed by atoms with Crippen LogP contribution in [0, 0.1) is 0 Å². The molecule has 1 aromatic heterocycles. The molecule has 0 aliphatic carbocycles. The molecule has 1 aromatic carbocycles. The first-order chi connectivity index (χ1) is 10.3. The minimum absolute atomic E-state index is 0.623. The lowest BCUT2D eigenvalue weighted by Gasteiger charge is -2.12. The summed E-state index contributed by atoms with van der Waals surface area (Å²) in [7, 11) is 1.69. The van der Waals surface area contributed by atoms with Crippen molar-refractivity contribution in [3.63, 3.8) is 0 Å². The first kappa shape index (κ1) is 15.4. The van der Waals surface area contributed by atoms with Crippen LogP contribution in [0.2, 0.25) is 0 Å². The van der Waals surface area contributed by atoms with Gasteiger partial charge < -0.3 is 9.47 Å². The Balaban J connectivity index is 2.11. The van der Waals surface area contributed by atoms with Gasteiger partial charge in [0.25, 0.3) is 0 Å². The third-order valence-corrected chi connectivity index (χ3v) is 3.42. The van der Waals surface area contributed by atoms with Crippen LogP contribution in [0.3, 0.4) is 0 Å². The van der Waals surface area contributed by atoms with E-state index in [0.717, 1.165) is 17.9 Å². The number of unbranched alkanes of at least 4 members (excludes halogenated alkanes) is 3. The summed E-state index contributed by atoms with van der Waals surface area (Å²) in [5, 5.41) is 0. The van der Waals surface area contributed by atoms with Crippen LogP contribution < -0.4 is 9.47 Å². The fourth-order valence-electron chi connectivity index (χ4n) is 2.24. The fraction of sp³-hybridized carbons (Fsp3) is 0.389. The van der Waals surface area contributed by atoms with E-state index in [4.69, 9.17) is 9.47 Å². The summed E-state index contributed by atoms with van der Waals surface area (Å²) in [4.78, 5) is 4.21. The molecule has 0 radical (unpaired) electrons. The van der Waals surface area contributed by atoms with Gasteiger partial charge >= 0.3 is 0 Å². The molecular formula is C18H23NO2. The van der Waals surface area contributed by atoms with Gasteiger partial charge in [-0.2, -0.15) is 0 Å². The van der Waals surface area contributed by atoms with Crippen molar-refractivity contribution in [3.05, 3.63) is 48.2 Å². The average molecular weight is 285 g/mol. The zero-order chi connectivity index (χ0) is 14.9. The molecule has 1 heterocycles. The van der Waals surface area contributed by atoms with E-state index in [0.29, 0.717) is 5.88 Å². The Kier molecular flexibility index (Phi) is 6.07. The van der Waals surface area contributed by atoms with E-state index < -0.39 is 0 Å². The molecule has 0 unspecified atom stereocenters. The second-order valence-electron chi connectivity index (χ2n) is 5.05. The maximum Gasteiger partial charge on any atom is 0.219 e. The van der Waals surface area contributed by atoms with Gasteiger partial charge in [-0.05, 0) is 42.7 Å². The number of methoxy groups -OCH3 is 1. The highest BCUT2D eigenvalue weighted by Crippen LogP contribution is 2.29. The predicted octanol–water partition coefficient (Wildman–Crippen LogP) is 5.01. The van der Waals surface area contributed by atoms with Gasteiger partial charge in [0.15, 0.2) is 0 Å². The lowest BCUT2D eigenvalue weighted by Crippen LogP contribution is -1.95. The van der Waals surface area contributed by atoms with Crippen molar-refractivity contribution in [3.8, 4) is 17.4 Å². The van der Waals surface area contributed by atoms with E-state index in [1.165, 1.54) is 31.2 Å². The molecule has 0 N–H and O–H groups in total. The fourth-order valence-corrected chi connectivity index (χ4v) is 2.24. The Labute approximate surface area is 126 Å². The Morgan fingerprint density at radius 3 is 2.67 bits per heavy atom. The lowest BCUT2D eigenvalue weighted by molar-refractivity contribution is 0.410. The van der Waals surface area contributed by atoms with E-state index in [1.54, 1.807) is 13.3 Å². The predicted molar refractivity (Wildman–Crippen MR) is 85.2 cm³/mol. The molecule has 0 fully saturated rings. The third kappa shape index (κ3) is 4.78. The molecule has 0 atom stereocenters. The van der Waals surface area contributed by atoms with E-state index >= 15 is 0 Å². The van der Waals surface area contributed by atoms with Crippen LogP contribution in [0.5, 0.6) is 17.4 Å². The summed E-state index contributed by atoms with van der Waals surface area (Å²) in [6.07, 6.45) is 7.67. The van der Waals surface area contributed by atoms with E-state index in [9.17, 15) is 0 Å². The van der Waals surface area contributed by atoms with Gasteiger partial charge in [0.1, 0.15) is 11.5 Å². The zero-order valence-electron chi connectivity index (χ0n) is 12.8. The quantitative estimate of drug-likeness (QED) is 0.639. The first-order valence-electron chi connectivity index (χ1n) is 7.59. The molecular weight excluding hydrogens is 262 g/mol. The van der Waals surface area contributed by atoms with Crippen molar-refractivity contribution in [2.45, 2.75) is 39.0 Å². The molecule has 0 spiro atoms. The van der Waals surface area contributed by atoms with Gasteiger partial charge in [0.05, 0.1) is 7.11 Å². The molecule has 3 nitrogen and oxygen atoms in total. The van der Waals surface area contributed by atoms with E-state index in [2.05, 4.69) is 18.0 Å². The Hall–Kier alpha value is -2.03. The van der Waals surface area contributed by atoms with Gasteiger partial charge in [-0.1, -0.05) is 32.3 Å². The van der Waals surface area contributed by atoms with Crippen molar-refractivity contribution in [2.24, 2.45) is 0 Å². The summed E-state index contributed by atoms with van der Waals surface area (Å²) in [6, 6.07) is 11.6. The number of aromatic nitrogens is 1. The van der Waals surface area contributed by atoms with Crippen LogP contribution in [0.1, 0.15) is 38.2 Å². The van der Waals surface area contributed by atoms with Crippen LogP contribution in [0.4, 0.5) is 0 Å². The maximum absolute atomic E-state index is 5.90. The molecule has 2 aromatic rings. The average Bonchev–Trinajstić information content (AvgIpc) is 2.54. The van der Waals surface area contributed by atoms with Crippen molar-refractivity contribution >= 4 is 0 Å². The highest BCUT2D eigenvalue weighted by molar-refractivity contribution is 5.42. The molecule has 0 aliphatic rings. The van der Waals surface area contributed by atoms with Gasteiger partial charge in [-0.15, -0.1) is 0 Å². The zero-order valence-corrected chi connectivity index (χ0v) is 12.8. The van der Waals surface area contributed by atoms with Crippen LogP contribution in [-0.2, 0) is 6.42 Å². The summed E-state index contributed by atoms with van der Waals surface area (Å²) in [5.74, 6) is 2.36. The molecule has 2 rings (SSSR count). The highest BCUT2D eigenvalue weighted by atomic mass is 16.5. The molecule has 0 amide bonds. The number of rotatable bonds is 8. The number of hydrogen-bond donors (Lipinski definition) is 0. The summed E-state index contributed by atoms with van der Waals surface area (Å²) < 4.78 is 11.2. The largest absolute Gasteiger partial charge is 0.497 e. The number of pyridine rings is 1. The smallest absolute Gasteiger partial charge is 0.219 e. The molecule has 0 saturated heterocycles. The minimum atomic E-state index is 0.623. The summed E-state index contributed by atoms with van der Waals surface area (Å²) in [6.45, 7) is 2.22. The van der Waals surface area contributed by atoms with Gasteiger partial charge in [-0.3, -0.25) is 0 Å². The second kappa shape index (κ2) is 8.30. The lowest BCUT2D eigenvalue weighted by atomic mass is 10.0. The molecule has 0 aliphatic heterocycles. The van der Waals surface area contributed by atoms with E-state index in [1.807, 2.05) is 30.3 Å². The highest BCUT2D eigenvalue weighted by Gasteiger charge is 2.07. The second-order valence-corrected chi connectivity index (χ2v) is 5.05. The Morgan fingerprint density at radius 1 is 1.05 bits per heavy atom. The van der Waals surface area contributed by atoms with Gasteiger partial charge in [-0.25, -0.2) is 4.98 Å². The van der Waals surface area contributed by atoms with Gasteiger partial charge in [0.2, 0.25) is 5.88 Å². The molecule has 0 bridgehead atoms. The van der Waals surface area contributed by atoms with Gasteiger partial charge in [0, 0.05) is 12.3 Å². The normalized spacial score (nSPS) is 10.4. The SMILES string of the molecule is CCCCCCc1cc(OC)ccc1Oc1ccccn1. The van der Waals surface area contributed by atoms with Crippen LogP contribution in [-0.4, -0.2) is 12.1 Å². The van der Waals surface area contributed by atoms with Crippen molar-refractivity contribution in [2.75, 3.05) is 7.11 Å². The topological polar surface area (TPSA) is 31.4 Å². The monoisotopic (exact) mass is 285 g/mol. The first-order valence-corrected chi connectivity index (χ1v) is 7.59. The number of hydrogen-bond acceptors (Lipinski definition) is 3. The minimum Gasteiger partial charge on any atom is -0.497 e. The molecule has 3 heteroatoms. The van der Waals surface area contributed by atoms with Crippen molar-refractivity contribution < 1.29 is 9.47 Å². The number of benzene rings is 1. The number of nitrogens with zero attached hydrogens (tertiary/aromatic N) is 1. The molecule has 0 saturated carbocycles. The standard InChI is InChI=1S/C18H23NO2/c1-3-4-5-6-9-15-14-16(20-2)11-12-17(15)21-18-10-7-8-13-19-18/h7-8,10-14H,3-6,9H2,1-2H3. The maximum atomic E-state index is 5.90. The van der Waals surface area contributed by atoms with Crippen LogP contribution >= 0.6 is 0 Å². The summed E-state index contributed by atoms with van der Waals surface area (Å²) >= 11 is 0. The van der Waals surface area contributed by atoms with Crippen LogP contribution in [0.15, 0.2) is 42.6 Å². The third-order valence-electron chi connectivity index (χ3n) is 3.42. The summed E-state index contributed by atoms with van der Waals surface area (Å²) in [5.41, 5.74) is 1.18. The Morgan fingerprint density at radius 2 is 1.95 bits per heavy atom.